The van der Waals surface area contributed by atoms with E-state index in [0.717, 1.165) is 25.9 Å². The minimum atomic E-state index is -0.438. The van der Waals surface area contributed by atoms with Gasteiger partial charge in [-0.25, -0.2) is 4.79 Å². The molecule has 2 aliphatic rings. The Morgan fingerprint density at radius 1 is 1.32 bits per heavy atom. The summed E-state index contributed by atoms with van der Waals surface area (Å²) in [6, 6.07) is 0.341. The smallest absolute Gasteiger partial charge is 0.407 e. The Kier molecular flexibility index (Phi) is 5.72. The van der Waals surface area contributed by atoms with Gasteiger partial charge in [0.25, 0.3) is 0 Å². The van der Waals surface area contributed by atoms with Gasteiger partial charge in [-0.3, -0.25) is 4.90 Å². The molecule has 0 radical (unpaired) electrons. The van der Waals surface area contributed by atoms with Crippen molar-refractivity contribution in [2.75, 3.05) is 19.6 Å². The summed E-state index contributed by atoms with van der Waals surface area (Å²) in [5, 5.41) is 2.89. The summed E-state index contributed by atoms with van der Waals surface area (Å²) >= 11 is 0. The minimum Gasteiger partial charge on any atom is -0.444 e. The Morgan fingerprint density at radius 2 is 2.00 bits per heavy atom. The molecular weight excluding hydrogens is 278 g/mol. The fourth-order valence-corrected chi connectivity index (χ4v) is 3.96. The molecule has 0 bridgehead atoms. The molecule has 5 heteroatoms. The summed E-state index contributed by atoms with van der Waals surface area (Å²) in [6.45, 7) is 8.25. The monoisotopic (exact) mass is 311 g/mol. The second-order valence-corrected chi connectivity index (χ2v) is 7.95. The van der Waals surface area contributed by atoms with Crippen molar-refractivity contribution >= 4 is 6.09 Å². The lowest BCUT2D eigenvalue weighted by Gasteiger charge is -2.51. The Morgan fingerprint density at radius 3 is 2.64 bits per heavy atom. The first-order valence-corrected chi connectivity index (χ1v) is 8.78. The van der Waals surface area contributed by atoms with Gasteiger partial charge >= 0.3 is 6.09 Å². The third kappa shape index (κ3) is 4.85. The van der Waals surface area contributed by atoms with Gasteiger partial charge in [-0.2, -0.15) is 0 Å². The maximum absolute atomic E-state index is 11.7. The van der Waals surface area contributed by atoms with Gasteiger partial charge in [-0.15, -0.1) is 0 Å². The Balaban J connectivity index is 1.83. The zero-order valence-corrected chi connectivity index (χ0v) is 14.5. The van der Waals surface area contributed by atoms with E-state index in [0.29, 0.717) is 12.6 Å². The van der Waals surface area contributed by atoms with Crippen molar-refractivity contribution in [1.82, 2.24) is 10.2 Å². The maximum Gasteiger partial charge on any atom is 0.407 e. The lowest BCUT2D eigenvalue weighted by atomic mass is 9.73. The maximum atomic E-state index is 11.7. The number of nitrogens with zero attached hydrogens (tertiary/aromatic N) is 1. The first-order valence-electron chi connectivity index (χ1n) is 8.78. The normalized spacial score (nSPS) is 25.9. The first-order chi connectivity index (χ1) is 10.3. The van der Waals surface area contributed by atoms with E-state index in [1.807, 2.05) is 20.8 Å². The average molecular weight is 311 g/mol. The Labute approximate surface area is 134 Å². The zero-order chi connectivity index (χ0) is 16.2. The highest BCUT2D eigenvalue weighted by Gasteiger charge is 2.41. The van der Waals surface area contributed by atoms with Crippen LogP contribution in [0.2, 0.25) is 0 Å². The van der Waals surface area contributed by atoms with E-state index in [2.05, 4.69) is 10.2 Å². The molecule has 1 aliphatic heterocycles. The molecule has 3 N–H and O–H groups in total. The number of nitrogens with one attached hydrogen (secondary N) is 1. The van der Waals surface area contributed by atoms with Crippen LogP contribution in [0.25, 0.3) is 0 Å². The molecule has 1 saturated carbocycles. The van der Waals surface area contributed by atoms with Crippen molar-refractivity contribution in [3.63, 3.8) is 0 Å². The van der Waals surface area contributed by atoms with Crippen LogP contribution in [0.15, 0.2) is 0 Å². The van der Waals surface area contributed by atoms with Gasteiger partial charge in [-0.1, -0.05) is 19.3 Å². The SMILES string of the molecule is CC(C)(C)OC(=O)NCCN1CCC(N)CC12CCCCC2. The summed E-state index contributed by atoms with van der Waals surface area (Å²) in [5.74, 6) is 0. The van der Waals surface area contributed by atoms with Crippen LogP contribution >= 0.6 is 0 Å². The molecule has 0 aromatic heterocycles. The van der Waals surface area contributed by atoms with Crippen molar-refractivity contribution in [3.8, 4) is 0 Å². The summed E-state index contributed by atoms with van der Waals surface area (Å²) in [6.07, 6.45) is 8.33. The molecule has 5 nitrogen and oxygen atoms in total. The number of hydrogen-bond acceptors (Lipinski definition) is 4. The molecule has 1 atom stereocenters. The zero-order valence-electron chi connectivity index (χ0n) is 14.5. The lowest BCUT2D eigenvalue weighted by Crippen LogP contribution is -2.59. The molecule has 0 aromatic carbocycles. The second kappa shape index (κ2) is 7.18. The number of nitrogens with two attached hydrogens (primary N) is 1. The molecule has 2 rings (SSSR count). The van der Waals surface area contributed by atoms with Gasteiger partial charge in [0.15, 0.2) is 0 Å². The number of rotatable bonds is 3. The number of alkyl carbamates (subject to hydrolysis) is 1. The van der Waals surface area contributed by atoms with Gasteiger partial charge in [0.2, 0.25) is 0 Å². The predicted octanol–water partition coefficient (Wildman–Crippen LogP) is 2.64. The number of carbonyl (C=O) groups is 1. The van der Waals surface area contributed by atoms with Crippen LogP contribution in [0.4, 0.5) is 4.79 Å². The quantitative estimate of drug-likeness (QED) is 0.841. The van der Waals surface area contributed by atoms with Crippen LogP contribution in [-0.2, 0) is 4.74 Å². The molecule has 1 unspecified atom stereocenters. The van der Waals surface area contributed by atoms with E-state index in [9.17, 15) is 4.79 Å². The molecule has 1 amide bonds. The van der Waals surface area contributed by atoms with Crippen LogP contribution in [0.5, 0.6) is 0 Å². The third-order valence-corrected chi connectivity index (χ3v) is 4.92. The van der Waals surface area contributed by atoms with Crippen LogP contribution in [0.3, 0.4) is 0 Å². The molecule has 2 fully saturated rings. The van der Waals surface area contributed by atoms with Gasteiger partial charge < -0.3 is 15.8 Å². The van der Waals surface area contributed by atoms with Gasteiger partial charge in [0, 0.05) is 31.2 Å². The summed E-state index contributed by atoms with van der Waals surface area (Å²) in [7, 11) is 0. The number of amides is 1. The number of piperidine rings is 1. The van der Waals surface area contributed by atoms with Crippen molar-refractivity contribution in [3.05, 3.63) is 0 Å². The van der Waals surface area contributed by atoms with Crippen molar-refractivity contribution in [2.45, 2.75) is 82.9 Å². The van der Waals surface area contributed by atoms with Crippen LogP contribution in [0.1, 0.15) is 65.7 Å². The topological polar surface area (TPSA) is 67.6 Å². The van der Waals surface area contributed by atoms with E-state index in [1.165, 1.54) is 32.1 Å². The molecule has 128 valence electrons. The highest BCUT2D eigenvalue weighted by atomic mass is 16.6. The molecule has 1 saturated heterocycles. The fraction of sp³-hybridized carbons (Fsp3) is 0.941. The van der Waals surface area contributed by atoms with E-state index < -0.39 is 5.60 Å². The summed E-state index contributed by atoms with van der Waals surface area (Å²) < 4.78 is 5.29. The Bertz CT molecular complexity index is 373. The van der Waals surface area contributed by atoms with Gasteiger partial charge in [-0.05, 0) is 46.5 Å². The second-order valence-electron chi connectivity index (χ2n) is 7.95. The van der Waals surface area contributed by atoms with Crippen molar-refractivity contribution in [2.24, 2.45) is 5.73 Å². The number of ether oxygens (including phenoxy) is 1. The predicted molar refractivity (Wildman–Crippen MR) is 88.8 cm³/mol. The molecule has 22 heavy (non-hydrogen) atoms. The number of carbonyl (C=O) groups excluding carboxylic acids is 1. The van der Waals surface area contributed by atoms with E-state index in [1.54, 1.807) is 0 Å². The van der Waals surface area contributed by atoms with E-state index >= 15 is 0 Å². The largest absolute Gasteiger partial charge is 0.444 e. The van der Waals surface area contributed by atoms with Gasteiger partial charge in [0.05, 0.1) is 0 Å². The number of likely N-dealkylation sites (tertiary alicyclic amines) is 1. The highest BCUT2D eigenvalue weighted by Crippen LogP contribution is 2.39. The van der Waals surface area contributed by atoms with E-state index in [4.69, 9.17) is 10.5 Å². The van der Waals surface area contributed by atoms with Crippen LogP contribution in [0, 0.1) is 0 Å². The summed E-state index contributed by atoms with van der Waals surface area (Å²) in [4.78, 5) is 14.3. The van der Waals surface area contributed by atoms with Gasteiger partial charge in [0.1, 0.15) is 5.60 Å². The molecule has 1 aliphatic carbocycles. The molecule has 0 aromatic rings. The van der Waals surface area contributed by atoms with Crippen molar-refractivity contribution in [1.29, 1.82) is 0 Å². The first kappa shape index (κ1) is 17.5. The third-order valence-electron chi connectivity index (χ3n) is 4.92. The standard InChI is InChI=1S/C17H33N3O2/c1-16(2,3)22-15(21)19-10-12-20-11-7-14(18)13-17(20)8-5-4-6-9-17/h14H,4-13,18H2,1-3H3,(H,19,21). The van der Waals surface area contributed by atoms with Crippen LogP contribution in [-0.4, -0.2) is 47.8 Å². The summed E-state index contributed by atoms with van der Waals surface area (Å²) in [5.41, 5.74) is 6.08. The lowest BCUT2D eigenvalue weighted by molar-refractivity contribution is 0.00671. The molecular formula is C17H33N3O2. The Hall–Kier alpha value is -0.810. The highest BCUT2D eigenvalue weighted by molar-refractivity contribution is 5.67. The van der Waals surface area contributed by atoms with Crippen molar-refractivity contribution < 1.29 is 9.53 Å². The molecule has 1 spiro atoms. The fourth-order valence-electron chi connectivity index (χ4n) is 3.96. The minimum absolute atomic E-state index is 0.283. The van der Waals surface area contributed by atoms with Crippen LogP contribution < -0.4 is 11.1 Å². The number of hydrogen-bond donors (Lipinski definition) is 2. The molecule has 1 heterocycles. The average Bonchev–Trinajstić information content (AvgIpc) is 2.40. The van der Waals surface area contributed by atoms with E-state index in [-0.39, 0.29) is 11.6 Å².